The molecular weight excluding hydrogens is 707 g/mol. The van der Waals surface area contributed by atoms with Gasteiger partial charge >= 0.3 is 68.9 Å². The number of hydrogen-bond acceptors (Lipinski definition) is 9. The molecule has 3 fully saturated rings. The van der Waals surface area contributed by atoms with Crippen molar-refractivity contribution in [3.63, 3.8) is 0 Å². The van der Waals surface area contributed by atoms with Crippen LogP contribution in [0, 0.1) is 29.9 Å². The molecule has 13 heteroatoms. The molecule has 7 rings (SSSR count). The van der Waals surface area contributed by atoms with E-state index in [1.54, 1.807) is 12.4 Å². The van der Waals surface area contributed by atoms with E-state index in [4.69, 9.17) is 14.2 Å². The summed E-state index contributed by atoms with van der Waals surface area (Å²) < 4.78 is 31.3. The number of halogens is 1. The predicted molar refractivity (Wildman–Crippen MR) is 169 cm³/mol. The number of pyridine rings is 1. The number of benzene rings is 1. The Kier molecular flexibility index (Phi) is 13.0. The number of nitrogens with zero attached hydrogens (tertiary/aromatic N) is 5. The minimum absolute atomic E-state index is 0. The maximum Gasteiger partial charge on any atom is 1.00 e. The summed E-state index contributed by atoms with van der Waals surface area (Å²) in [6, 6.07) is 5.68. The van der Waals surface area contributed by atoms with Gasteiger partial charge in [0.05, 0.1) is 11.8 Å². The Morgan fingerprint density at radius 2 is 1.91 bits per heavy atom. The molecule has 0 radical (unpaired) electrons. The van der Waals surface area contributed by atoms with Crippen LogP contribution in [-0.2, 0) is 17.4 Å². The van der Waals surface area contributed by atoms with E-state index in [2.05, 4.69) is 31.1 Å². The summed E-state index contributed by atoms with van der Waals surface area (Å²) in [5.41, 5.74) is 2.31. The number of nitriles is 1. The van der Waals surface area contributed by atoms with Crippen LogP contribution in [0.5, 0.6) is 17.2 Å². The fraction of sp³-hybridized carbons (Fsp3) is 0.455. The Morgan fingerprint density at radius 3 is 2.59 bits per heavy atom. The molecule has 0 atom stereocenters. The largest absolute Gasteiger partial charge is 1.00 e. The van der Waals surface area contributed by atoms with E-state index in [-0.39, 0.29) is 112 Å². The molecule has 3 aromatic rings. The number of hydrogen-bond donors (Lipinski definition) is 1. The SMILES string of the molecule is C1CCOC1.CC(C)NC(=O)c1cc(F)ccc1Oc1cncnc1N1CC2(CC(Oc3ccnc4c3CB(C#N)C4)C2)C1.[CH3-].[Cs+]. The minimum Gasteiger partial charge on any atom is -0.490 e. The van der Waals surface area contributed by atoms with Gasteiger partial charge in [0.1, 0.15) is 29.7 Å². The molecule has 1 aliphatic carbocycles. The van der Waals surface area contributed by atoms with Crippen LogP contribution in [0.4, 0.5) is 10.2 Å². The summed E-state index contributed by atoms with van der Waals surface area (Å²) in [6.07, 6.45) is 10.7. The molecule has 10 nitrogen and oxygen atoms in total. The molecule has 1 aromatic carbocycles. The first-order valence-corrected chi connectivity index (χ1v) is 15.3. The molecule has 236 valence electrons. The number of carbonyl (C=O) groups is 1. The van der Waals surface area contributed by atoms with Crippen LogP contribution in [0.25, 0.3) is 0 Å². The number of fused-ring (bicyclic) bond motifs is 1. The van der Waals surface area contributed by atoms with Gasteiger partial charge in [0, 0.05) is 61.2 Å². The van der Waals surface area contributed by atoms with Gasteiger partial charge < -0.3 is 31.9 Å². The molecule has 0 bridgehead atoms. The van der Waals surface area contributed by atoms with Crippen LogP contribution in [-0.4, -0.2) is 66.0 Å². The fourth-order valence-electron chi connectivity index (χ4n) is 6.36. The van der Waals surface area contributed by atoms with Gasteiger partial charge in [0.25, 0.3) is 12.6 Å². The summed E-state index contributed by atoms with van der Waals surface area (Å²) >= 11 is 0. The first kappa shape index (κ1) is 36.6. The molecule has 1 saturated carbocycles. The maximum absolute atomic E-state index is 14.0. The van der Waals surface area contributed by atoms with Crippen LogP contribution in [0.2, 0.25) is 0 Å². The molecular formula is C33H39BCsFN6O4. The summed E-state index contributed by atoms with van der Waals surface area (Å²) in [6.45, 7) is 7.25. The molecule has 0 unspecified atom stereocenters. The Balaban J connectivity index is 0.000000628. The van der Waals surface area contributed by atoms with Crippen molar-refractivity contribution < 1.29 is 92.3 Å². The first-order chi connectivity index (χ1) is 21.3. The fourth-order valence-corrected chi connectivity index (χ4v) is 6.36. The van der Waals surface area contributed by atoms with Crippen molar-refractivity contribution in [2.75, 3.05) is 31.2 Å². The van der Waals surface area contributed by atoms with E-state index in [9.17, 15) is 14.4 Å². The molecule has 2 aromatic heterocycles. The zero-order valence-corrected chi connectivity index (χ0v) is 33.4. The van der Waals surface area contributed by atoms with E-state index in [1.807, 2.05) is 19.9 Å². The van der Waals surface area contributed by atoms with Crippen molar-refractivity contribution in [3.8, 4) is 23.2 Å². The number of amides is 1. The number of carbonyl (C=O) groups excluding carboxylic acids is 1. The van der Waals surface area contributed by atoms with Gasteiger partial charge in [0.15, 0.2) is 11.6 Å². The molecule has 4 aliphatic rings. The molecule has 1 amide bonds. The Hall–Kier alpha value is -2.18. The molecule has 1 N–H and O–H groups in total. The summed E-state index contributed by atoms with van der Waals surface area (Å²) in [7, 11) is 0. The van der Waals surface area contributed by atoms with Gasteiger partial charge in [-0.05, 0) is 76.4 Å². The average molecular weight is 746 g/mol. The van der Waals surface area contributed by atoms with Crippen LogP contribution in [0.15, 0.2) is 43.0 Å². The van der Waals surface area contributed by atoms with Crippen molar-refractivity contribution in [2.45, 2.75) is 64.3 Å². The van der Waals surface area contributed by atoms with Crippen molar-refractivity contribution >= 4 is 18.4 Å². The number of aromatic nitrogens is 3. The second kappa shape index (κ2) is 16.3. The van der Waals surface area contributed by atoms with Gasteiger partial charge in [-0.2, -0.15) is 0 Å². The van der Waals surface area contributed by atoms with E-state index in [0.717, 1.165) is 56.2 Å². The Morgan fingerprint density at radius 1 is 1.15 bits per heavy atom. The van der Waals surface area contributed by atoms with Crippen LogP contribution in [0.3, 0.4) is 0 Å². The van der Waals surface area contributed by atoms with E-state index in [0.29, 0.717) is 24.2 Å². The molecule has 46 heavy (non-hydrogen) atoms. The van der Waals surface area contributed by atoms with Gasteiger partial charge in [-0.1, -0.05) is 0 Å². The van der Waals surface area contributed by atoms with Gasteiger partial charge in [-0.25, -0.2) is 19.6 Å². The molecule has 5 heterocycles. The third kappa shape index (κ3) is 8.45. The molecule has 1 spiro atoms. The summed E-state index contributed by atoms with van der Waals surface area (Å²) in [4.78, 5) is 27.8. The van der Waals surface area contributed by atoms with E-state index in [1.165, 1.54) is 37.4 Å². The summed E-state index contributed by atoms with van der Waals surface area (Å²) in [5.74, 6) is 3.55. The topological polar surface area (TPSA) is 122 Å². The van der Waals surface area contributed by atoms with Crippen molar-refractivity contribution in [3.05, 3.63) is 73.1 Å². The Labute approximate surface area is 329 Å². The van der Waals surface area contributed by atoms with Gasteiger partial charge in [-0.3, -0.25) is 9.78 Å². The zero-order valence-electron chi connectivity index (χ0n) is 27.1. The van der Waals surface area contributed by atoms with Crippen LogP contribution < -0.4 is 88.6 Å². The number of anilines is 1. The summed E-state index contributed by atoms with van der Waals surface area (Å²) in [5, 5.41) is 12.1. The third-order valence-electron chi connectivity index (χ3n) is 8.45. The van der Waals surface area contributed by atoms with Crippen LogP contribution in [0.1, 0.15) is 61.1 Å². The van der Waals surface area contributed by atoms with Crippen molar-refractivity contribution in [1.82, 2.24) is 20.3 Å². The molecule has 2 saturated heterocycles. The quantitative estimate of drug-likeness (QED) is 0.286. The first-order valence-electron chi connectivity index (χ1n) is 15.3. The smallest absolute Gasteiger partial charge is 0.490 e. The van der Waals surface area contributed by atoms with E-state index >= 15 is 0 Å². The van der Waals surface area contributed by atoms with E-state index < -0.39 is 11.7 Å². The average Bonchev–Trinajstić information content (AvgIpc) is 3.69. The standard InChI is InChI=1S/C28H28BFN6O3.C4H8O.CH3.Cs/c1-17(2)35-27(37)20-7-18(30)3-4-23(20)39-25-12-32-16-34-26(25)36-13-28(14-36)8-19(9-28)38-24-5-6-33-22-11-29(15-31)10-21(22)24;1-2-4-5-3-1;;/h3-7,12,16-17,19H,8-11,13-14H2,1-2H3,(H,35,37);1-4H2;1H3;/q;;-1;+1. The normalized spacial score (nSPS) is 17.3. The van der Waals surface area contributed by atoms with Crippen molar-refractivity contribution in [2.24, 2.45) is 5.41 Å². The minimum atomic E-state index is -0.520. The zero-order chi connectivity index (χ0) is 30.7. The monoisotopic (exact) mass is 746 g/mol. The Bertz CT molecular complexity index is 1550. The van der Waals surface area contributed by atoms with Crippen molar-refractivity contribution in [1.29, 1.82) is 5.26 Å². The molecule has 3 aliphatic heterocycles. The second-order valence-electron chi connectivity index (χ2n) is 12.4. The number of ether oxygens (including phenoxy) is 3. The maximum atomic E-state index is 14.0. The van der Waals surface area contributed by atoms with Gasteiger partial charge in [-0.15, -0.1) is 0 Å². The number of rotatable bonds is 7. The third-order valence-corrected chi connectivity index (χ3v) is 8.45. The predicted octanol–water partition coefficient (Wildman–Crippen LogP) is 1.97. The second-order valence-corrected chi connectivity index (χ2v) is 12.4. The number of nitrogens with one attached hydrogen (secondary N) is 1. The van der Waals surface area contributed by atoms with Crippen LogP contribution >= 0.6 is 0 Å². The van der Waals surface area contributed by atoms with Gasteiger partial charge in [0.2, 0.25) is 0 Å².